The molecule has 0 fully saturated rings. The third-order valence-corrected chi connectivity index (χ3v) is 2.31. The number of halogens is 2. The Hall–Kier alpha value is -2.02. The lowest BCUT2D eigenvalue weighted by molar-refractivity contribution is -0.122. The first-order chi connectivity index (χ1) is 8.92. The molecule has 1 aromatic carbocycles. The minimum Gasteiger partial charge on any atom is -0.358 e. The second-order valence-corrected chi connectivity index (χ2v) is 4.02. The Morgan fingerprint density at radius 2 is 1.79 bits per heavy atom. The number of hydrogen-bond acceptors (Lipinski definition) is 3. The highest BCUT2D eigenvalue weighted by molar-refractivity contribution is 5.92. The maximum Gasteiger partial charge on any atom is 0.238 e. The molecule has 0 saturated carbocycles. The third kappa shape index (κ3) is 5.01. The SMILES string of the molecule is CNC(=O)CN(C)CC(=O)Nc1ccc(F)c(F)c1. The minimum atomic E-state index is -1.03. The summed E-state index contributed by atoms with van der Waals surface area (Å²) >= 11 is 0. The summed E-state index contributed by atoms with van der Waals surface area (Å²) in [5.41, 5.74) is 0.164. The number of anilines is 1. The molecule has 0 aliphatic rings. The Morgan fingerprint density at radius 1 is 1.16 bits per heavy atom. The standard InChI is InChI=1S/C12H15F2N3O2/c1-15-11(18)6-17(2)7-12(19)16-8-3-4-9(13)10(14)5-8/h3-5H,6-7H2,1-2H3,(H,15,18)(H,16,19). The molecule has 7 heteroatoms. The van der Waals surface area contributed by atoms with Crippen molar-refractivity contribution in [3.63, 3.8) is 0 Å². The Balaban J connectivity index is 2.50. The summed E-state index contributed by atoms with van der Waals surface area (Å²) in [5, 5.41) is 4.84. The van der Waals surface area contributed by atoms with Crippen LogP contribution in [0, 0.1) is 11.6 Å². The maximum absolute atomic E-state index is 12.9. The van der Waals surface area contributed by atoms with E-state index in [2.05, 4.69) is 10.6 Å². The number of likely N-dealkylation sites (N-methyl/N-ethyl adjacent to an activating group) is 2. The lowest BCUT2D eigenvalue weighted by atomic mass is 10.3. The zero-order valence-electron chi connectivity index (χ0n) is 10.7. The topological polar surface area (TPSA) is 61.4 Å². The van der Waals surface area contributed by atoms with E-state index >= 15 is 0 Å². The van der Waals surface area contributed by atoms with Crippen molar-refractivity contribution < 1.29 is 18.4 Å². The van der Waals surface area contributed by atoms with Crippen LogP contribution in [0.4, 0.5) is 14.5 Å². The number of rotatable bonds is 5. The highest BCUT2D eigenvalue weighted by Gasteiger charge is 2.10. The number of carbonyl (C=O) groups excluding carboxylic acids is 2. The molecule has 0 bridgehead atoms. The third-order valence-electron chi connectivity index (χ3n) is 2.31. The van der Waals surface area contributed by atoms with Gasteiger partial charge in [0.25, 0.3) is 0 Å². The lowest BCUT2D eigenvalue weighted by Crippen LogP contribution is -2.37. The van der Waals surface area contributed by atoms with Gasteiger partial charge in [0, 0.05) is 18.8 Å². The van der Waals surface area contributed by atoms with Gasteiger partial charge in [0.1, 0.15) is 0 Å². The van der Waals surface area contributed by atoms with E-state index in [0.29, 0.717) is 0 Å². The molecule has 0 aliphatic heterocycles. The average Bonchev–Trinajstić information content (AvgIpc) is 2.33. The molecule has 0 aliphatic carbocycles. The number of benzene rings is 1. The van der Waals surface area contributed by atoms with Crippen LogP contribution < -0.4 is 10.6 Å². The maximum atomic E-state index is 12.9. The Bertz CT molecular complexity index is 480. The smallest absolute Gasteiger partial charge is 0.238 e. The molecule has 0 radical (unpaired) electrons. The van der Waals surface area contributed by atoms with Crippen LogP contribution in [-0.4, -0.2) is 43.9 Å². The molecule has 1 aromatic rings. The van der Waals surface area contributed by atoms with Crippen molar-refractivity contribution >= 4 is 17.5 Å². The molecular formula is C12H15F2N3O2. The largest absolute Gasteiger partial charge is 0.358 e. The molecule has 2 amide bonds. The summed E-state index contributed by atoms with van der Waals surface area (Å²) in [4.78, 5) is 24.2. The number of hydrogen-bond donors (Lipinski definition) is 2. The minimum absolute atomic E-state index is 0.0353. The van der Waals surface area contributed by atoms with Crippen molar-refractivity contribution in [3.05, 3.63) is 29.8 Å². The first-order valence-electron chi connectivity index (χ1n) is 5.56. The number of nitrogens with one attached hydrogen (secondary N) is 2. The van der Waals surface area contributed by atoms with Gasteiger partial charge in [-0.1, -0.05) is 0 Å². The first kappa shape index (κ1) is 15.0. The zero-order valence-corrected chi connectivity index (χ0v) is 10.7. The summed E-state index contributed by atoms with van der Waals surface area (Å²) in [6, 6.07) is 3.08. The van der Waals surface area contributed by atoms with Crippen molar-refractivity contribution in [1.82, 2.24) is 10.2 Å². The van der Waals surface area contributed by atoms with Crippen LogP contribution in [0.1, 0.15) is 0 Å². The molecule has 104 valence electrons. The van der Waals surface area contributed by atoms with Crippen LogP contribution in [0.5, 0.6) is 0 Å². The van der Waals surface area contributed by atoms with Crippen LogP contribution in [0.2, 0.25) is 0 Å². The van der Waals surface area contributed by atoms with E-state index in [9.17, 15) is 18.4 Å². The summed E-state index contributed by atoms with van der Waals surface area (Å²) in [6.07, 6.45) is 0. The van der Waals surface area contributed by atoms with E-state index in [1.165, 1.54) is 18.0 Å². The molecule has 0 spiro atoms. The Labute approximate surface area is 109 Å². The molecule has 0 unspecified atom stereocenters. The normalized spacial score (nSPS) is 10.4. The fourth-order valence-corrected chi connectivity index (χ4v) is 1.40. The number of nitrogens with zero attached hydrogens (tertiary/aromatic N) is 1. The summed E-state index contributed by atoms with van der Waals surface area (Å²) in [5.74, 6) is -2.65. The Morgan fingerprint density at radius 3 is 2.37 bits per heavy atom. The summed E-state index contributed by atoms with van der Waals surface area (Å²) in [6.45, 7) is 0.0358. The second kappa shape index (κ2) is 6.79. The van der Waals surface area contributed by atoms with Gasteiger partial charge in [0.05, 0.1) is 13.1 Å². The summed E-state index contributed by atoms with van der Waals surface area (Å²) in [7, 11) is 3.09. The van der Waals surface area contributed by atoms with E-state index in [0.717, 1.165) is 12.1 Å². The predicted octanol–water partition coefficient (Wildman–Crippen LogP) is 0.581. The van der Waals surface area contributed by atoms with E-state index in [-0.39, 0.29) is 24.7 Å². The molecule has 0 heterocycles. The van der Waals surface area contributed by atoms with Gasteiger partial charge in [0.2, 0.25) is 11.8 Å². The lowest BCUT2D eigenvalue weighted by Gasteiger charge is -2.15. The van der Waals surface area contributed by atoms with E-state index in [1.54, 1.807) is 7.05 Å². The molecule has 19 heavy (non-hydrogen) atoms. The van der Waals surface area contributed by atoms with E-state index in [4.69, 9.17) is 0 Å². The van der Waals surface area contributed by atoms with Gasteiger partial charge in [-0.25, -0.2) is 8.78 Å². The van der Waals surface area contributed by atoms with Crippen LogP contribution in [0.25, 0.3) is 0 Å². The monoisotopic (exact) mass is 271 g/mol. The molecule has 1 rings (SSSR count). The van der Waals surface area contributed by atoms with Crippen molar-refractivity contribution in [2.45, 2.75) is 0 Å². The van der Waals surface area contributed by atoms with Gasteiger partial charge < -0.3 is 10.6 Å². The predicted molar refractivity (Wildman–Crippen MR) is 66.6 cm³/mol. The van der Waals surface area contributed by atoms with Crippen LogP contribution in [0.3, 0.4) is 0 Å². The molecule has 0 saturated heterocycles. The van der Waals surface area contributed by atoms with Crippen molar-refractivity contribution in [1.29, 1.82) is 0 Å². The quantitative estimate of drug-likeness (QED) is 0.823. The van der Waals surface area contributed by atoms with Gasteiger partial charge >= 0.3 is 0 Å². The van der Waals surface area contributed by atoms with Gasteiger partial charge in [0.15, 0.2) is 11.6 Å². The Kier molecular flexibility index (Phi) is 5.37. The highest BCUT2D eigenvalue weighted by atomic mass is 19.2. The van der Waals surface area contributed by atoms with Crippen LogP contribution in [-0.2, 0) is 9.59 Å². The highest BCUT2D eigenvalue weighted by Crippen LogP contribution is 2.12. The van der Waals surface area contributed by atoms with Gasteiger partial charge in [-0.3, -0.25) is 14.5 Å². The average molecular weight is 271 g/mol. The van der Waals surface area contributed by atoms with Crippen LogP contribution in [0.15, 0.2) is 18.2 Å². The second-order valence-electron chi connectivity index (χ2n) is 4.02. The molecule has 0 aromatic heterocycles. The van der Waals surface area contributed by atoms with Crippen molar-refractivity contribution in [3.8, 4) is 0 Å². The number of amides is 2. The molecular weight excluding hydrogens is 256 g/mol. The van der Waals surface area contributed by atoms with E-state index in [1.807, 2.05) is 0 Å². The van der Waals surface area contributed by atoms with Gasteiger partial charge in [-0.2, -0.15) is 0 Å². The molecule has 5 nitrogen and oxygen atoms in total. The van der Waals surface area contributed by atoms with E-state index < -0.39 is 17.5 Å². The van der Waals surface area contributed by atoms with Gasteiger partial charge in [-0.15, -0.1) is 0 Å². The summed E-state index contributed by atoms with van der Waals surface area (Å²) < 4.78 is 25.6. The fourth-order valence-electron chi connectivity index (χ4n) is 1.40. The van der Waals surface area contributed by atoms with Crippen molar-refractivity contribution in [2.24, 2.45) is 0 Å². The number of carbonyl (C=O) groups is 2. The van der Waals surface area contributed by atoms with Gasteiger partial charge in [-0.05, 0) is 19.2 Å². The van der Waals surface area contributed by atoms with Crippen LogP contribution >= 0.6 is 0 Å². The molecule has 0 atom stereocenters. The fraction of sp³-hybridized carbons (Fsp3) is 0.333. The zero-order chi connectivity index (χ0) is 14.4. The molecule has 2 N–H and O–H groups in total. The van der Waals surface area contributed by atoms with Crippen molar-refractivity contribution in [2.75, 3.05) is 32.5 Å². The first-order valence-corrected chi connectivity index (χ1v) is 5.56.